The van der Waals surface area contributed by atoms with E-state index in [2.05, 4.69) is 13.8 Å². The molecule has 2 aliphatic heterocycles. The molecule has 2 heterocycles. The molecular weight excluding hydrogens is 372 g/mol. The second-order valence-corrected chi connectivity index (χ2v) is 10.2. The maximum absolute atomic E-state index is 5.64. The second-order valence-electron chi connectivity index (χ2n) is 10.2. The summed E-state index contributed by atoms with van der Waals surface area (Å²) in [6.07, 6.45) is 16.9. The molecular formula is C26H54N2O2+2. The van der Waals surface area contributed by atoms with Gasteiger partial charge in [-0.15, -0.1) is 0 Å². The van der Waals surface area contributed by atoms with Crippen LogP contribution in [0.15, 0.2) is 0 Å². The van der Waals surface area contributed by atoms with Crippen LogP contribution < -0.4 is 0 Å². The molecule has 0 aromatic carbocycles. The Balaban J connectivity index is 1.48. The van der Waals surface area contributed by atoms with E-state index in [1.54, 1.807) is 0 Å². The van der Waals surface area contributed by atoms with Crippen molar-refractivity contribution in [2.45, 2.75) is 90.9 Å². The maximum Gasteiger partial charge on any atom is 0.102 e. The molecule has 30 heavy (non-hydrogen) atoms. The minimum atomic E-state index is 0.981. The molecule has 178 valence electrons. The Morgan fingerprint density at radius 1 is 0.433 bits per heavy atom. The van der Waals surface area contributed by atoms with Gasteiger partial charge < -0.3 is 18.4 Å². The van der Waals surface area contributed by atoms with Crippen molar-refractivity contribution in [1.82, 2.24) is 0 Å². The summed E-state index contributed by atoms with van der Waals surface area (Å²) in [6, 6.07) is 0. The second kappa shape index (κ2) is 15.6. The van der Waals surface area contributed by atoms with Gasteiger partial charge in [0.2, 0.25) is 0 Å². The third-order valence-electron chi connectivity index (χ3n) is 7.83. The first-order valence-corrected chi connectivity index (χ1v) is 13.6. The van der Waals surface area contributed by atoms with Crippen LogP contribution >= 0.6 is 0 Å². The molecule has 0 aliphatic carbocycles. The molecule has 2 rings (SSSR count). The molecule has 0 radical (unpaired) electrons. The van der Waals surface area contributed by atoms with Crippen LogP contribution in [0.4, 0.5) is 0 Å². The van der Waals surface area contributed by atoms with E-state index in [9.17, 15) is 0 Å². The summed E-state index contributed by atoms with van der Waals surface area (Å²) in [5, 5.41) is 0. The SMILES string of the molecule is CCCC[N+]1(CCCCCCCCCC[N+]2(CCCC)CCOCC2)CCOCC1. The Morgan fingerprint density at radius 2 is 0.733 bits per heavy atom. The lowest BCUT2D eigenvalue weighted by Gasteiger charge is -2.41. The van der Waals surface area contributed by atoms with Crippen molar-refractivity contribution >= 4 is 0 Å². The van der Waals surface area contributed by atoms with Crippen LogP contribution in [0.2, 0.25) is 0 Å². The highest BCUT2D eigenvalue weighted by Crippen LogP contribution is 2.19. The van der Waals surface area contributed by atoms with Crippen LogP contribution in [0, 0.1) is 0 Å². The summed E-state index contributed by atoms with van der Waals surface area (Å²) < 4.78 is 14.0. The van der Waals surface area contributed by atoms with Crippen LogP contribution in [-0.2, 0) is 9.47 Å². The van der Waals surface area contributed by atoms with Gasteiger partial charge in [-0.05, 0) is 38.5 Å². The number of ether oxygens (including phenoxy) is 2. The van der Waals surface area contributed by atoms with Gasteiger partial charge in [-0.2, -0.15) is 0 Å². The molecule has 0 aromatic rings. The number of quaternary nitrogens is 2. The normalized spacial score (nSPS) is 21.0. The van der Waals surface area contributed by atoms with Crippen LogP contribution in [0.5, 0.6) is 0 Å². The number of unbranched alkanes of at least 4 members (excludes halogenated alkanes) is 9. The van der Waals surface area contributed by atoms with E-state index in [0.29, 0.717) is 0 Å². The maximum atomic E-state index is 5.64. The fraction of sp³-hybridized carbons (Fsp3) is 1.00. The fourth-order valence-electron chi connectivity index (χ4n) is 5.52. The van der Waals surface area contributed by atoms with Gasteiger partial charge in [0.15, 0.2) is 0 Å². The topological polar surface area (TPSA) is 18.5 Å². The summed E-state index contributed by atoms with van der Waals surface area (Å²) in [5.41, 5.74) is 0. The summed E-state index contributed by atoms with van der Waals surface area (Å²) in [7, 11) is 0. The highest BCUT2D eigenvalue weighted by molar-refractivity contribution is 4.55. The summed E-state index contributed by atoms with van der Waals surface area (Å²) in [5.74, 6) is 0. The van der Waals surface area contributed by atoms with E-state index < -0.39 is 0 Å². The summed E-state index contributed by atoms with van der Waals surface area (Å²) >= 11 is 0. The minimum absolute atomic E-state index is 0.981. The third-order valence-corrected chi connectivity index (χ3v) is 7.83. The lowest BCUT2D eigenvalue weighted by molar-refractivity contribution is -0.935. The Kier molecular flexibility index (Phi) is 13.6. The van der Waals surface area contributed by atoms with E-state index in [1.807, 2.05) is 0 Å². The molecule has 0 atom stereocenters. The Hall–Kier alpha value is -0.160. The molecule has 2 saturated heterocycles. The molecule has 0 amide bonds. The molecule has 0 saturated carbocycles. The quantitative estimate of drug-likeness (QED) is 0.229. The zero-order valence-corrected chi connectivity index (χ0v) is 20.7. The van der Waals surface area contributed by atoms with Crippen molar-refractivity contribution in [1.29, 1.82) is 0 Å². The van der Waals surface area contributed by atoms with Gasteiger partial charge in [0, 0.05) is 0 Å². The van der Waals surface area contributed by atoms with Gasteiger partial charge in [0.25, 0.3) is 0 Å². The van der Waals surface area contributed by atoms with E-state index in [0.717, 1.165) is 26.4 Å². The van der Waals surface area contributed by atoms with Crippen LogP contribution in [0.1, 0.15) is 90.9 Å². The number of morpholine rings is 2. The van der Waals surface area contributed by atoms with E-state index in [1.165, 1.54) is 138 Å². The lowest BCUT2D eigenvalue weighted by Crippen LogP contribution is -2.56. The van der Waals surface area contributed by atoms with Gasteiger partial charge in [-0.1, -0.05) is 52.4 Å². The van der Waals surface area contributed by atoms with Crippen molar-refractivity contribution in [3.8, 4) is 0 Å². The Bertz CT molecular complexity index is 366. The molecule has 2 fully saturated rings. The number of rotatable bonds is 17. The average molecular weight is 427 g/mol. The molecule has 4 heteroatoms. The fourth-order valence-corrected chi connectivity index (χ4v) is 5.52. The van der Waals surface area contributed by atoms with Crippen molar-refractivity contribution in [3.63, 3.8) is 0 Å². The first kappa shape index (κ1) is 26.1. The van der Waals surface area contributed by atoms with Crippen molar-refractivity contribution in [2.75, 3.05) is 78.8 Å². The standard InChI is InChI=1S/C26H54N2O2/c1-3-5-15-27(19-23-29-24-20-27)17-13-11-9-7-8-10-12-14-18-28(16-6-4-2)21-25-30-26-22-28/h3-26H2,1-2H3/q+2. The molecule has 0 spiro atoms. The molecule has 0 bridgehead atoms. The van der Waals surface area contributed by atoms with Gasteiger partial charge in [0.05, 0.1) is 52.6 Å². The van der Waals surface area contributed by atoms with Crippen LogP contribution in [0.25, 0.3) is 0 Å². The smallest absolute Gasteiger partial charge is 0.102 e. The van der Waals surface area contributed by atoms with Gasteiger partial charge >= 0.3 is 0 Å². The van der Waals surface area contributed by atoms with Crippen molar-refractivity contribution in [2.24, 2.45) is 0 Å². The number of hydrogen-bond donors (Lipinski definition) is 0. The third kappa shape index (κ3) is 9.97. The largest absolute Gasteiger partial charge is 0.370 e. The first-order valence-electron chi connectivity index (χ1n) is 13.6. The minimum Gasteiger partial charge on any atom is -0.370 e. The molecule has 2 aliphatic rings. The van der Waals surface area contributed by atoms with Gasteiger partial charge in [0.1, 0.15) is 26.2 Å². The summed E-state index contributed by atoms with van der Waals surface area (Å²) in [6.45, 7) is 19.1. The van der Waals surface area contributed by atoms with E-state index in [-0.39, 0.29) is 0 Å². The lowest BCUT2D eigenvalue weighted by atomic mass is 10.1. The predicted octanol–water partition coefficient (Wildman–Crippen LogP) is 5.40. The monoisotopic (exact) mass is 426 g/mol. The number of hydrogen-bond acceptors (Lipinski definition) is 2. The van der Waals surface area contributed by atoms with Crippen LogP contribution in [-0.4, -0.2) is 87.8 Å². The van der Waals surface area contributed by atoms with E-state index in [4.69, 9.17) is 9.47 Å². The highest BCUT2D eigenvalue weighted by atomic mass is 16.5. The number of nitrogens with zero attached hydrogens (tertiary/aromatic N) is 2. The Morgan fingerprint density at radius 3 is 1.07 bits per heavy atom. The summed E-state index contributed by atoms with van der Waals surface area (Å²) in [4.78, 5) is 0. The zero-order chi connectivity index (χ0) is 21.4. The predicted molar refractivity (Wildman–Crippen MR) is 128 cm³/mol. The Labute approximate surface area is 188 Å². The van der Waals surface area contributed by atoms with Crippen molar-refractivity contribution in [3.05, 3.63) is 0 Å². The molecule has 0 unspecified atom stereocenters. The molecule has 4 nitrogen and oxygen atoms in total. The van der Waals surface area contributed by atoms with E-state index >= 15 is 0 Å². The molecule has 0 aromatic heterocycles. The molecule has 0 N–H and O–H groups in total. The average Bonchev–Trinajstić information content (AvgIpc) is 2.79. The van der Waals surface area contributed by atoms with Crippen molar-refractivity contribution < 1.29 is 18.4 Å². The van der Waals surface area contributed by atoms with Gasteiger partial charge in [-0.3, -0.25) is 0 Å². The van der Waals surface area contributed by atoms with Gasteiger partial charge in [-0.25, -0.2) is 0 Å². The highest BCUT2D eigenvalue weighted by Gasteiger charge is 2.30. The van der Waals surface area contributed by atoms with Crippen LogP contribution in [0.3, 0.4) is 0 Å². The zero-order valence-electron chi connectivity index (χ0n) is 20.7. The first-order chi connectivity index (χ1) is 14.7.